The van der Waals surface area contributed by atoms with Crippen molar-refractivity contribution in [1.29, 1.82) is 0 Å². The van der Waals surface area contributed by atoms with Crippen molar-refractivity contribution in [2.45, 2.75) is 32.5 Å². The van der Waals surface area contributed by atoms with E-state index in [1.54, 1.807) is 12.4 Å². The Hall–Kier alpha value is -3.52. The minimum atomic E-state index is 0.435. The van der Waals surface area contributed by atoms with E-state index in [0.29, 0.717) is 18.6 Å². The normalized spacial score (nSPS) is 19.0. The Kier molecular flexibility index (Phi) is 5.21. The van der Waals surface area contributed by atoms with Crippen molar-refractivity contribution < 1.29 is 0 Å². The molecule has 0 aromatic carbocycles. The monoisotopic (exact) mass is 414 g/mol. The molecular formula is C23H26N8. The molecule has 0 radical (unpaired) electrons. The predicted octanol–water partition coefficient (Wildman–Crippen LogP) is 3.21. The molecule has 1 fully saturated rings. The number of fused-ring (bicyclic) bond motifs is 1. The molecule has 8 heteroatoms. The standard InChI is InChI=1S/C23H26N8/c1-15-13-31(14-16(2)29-15)21-6-9-25-20(30-21)12-27-19-5-8-26-23-22(19)18(11-28-23)17-4-3-7-24-10-17/h3-11,15-16,29H,12-14H2,1-2H3,(H2,26,27,28)/t15-,16+. The van der Waals surface area contributed by atoms with Crippen LogP contribution in [0.15, 0.2) is 55.2 Å². The summed E-state index contributed by atoms with van der Waals surface area (Å²) < 4.78 is 0. The number of aromatic amines is 1. The van der Waals surface area contributed by atoms with Crippen LogP contribution in [-0.4, -0.2) is 50.1 Å². The van der Waals surface area contributed by atoms with Gasteiger partial charge in [0, 0.05) is 78.4 Å². The van der Waals surface area contributed by atoms with Crippen LogP contribution in [0.3, 0.4) is 0 Å². The summed E-state index contributed by atoms with van der Waals surface area (Å²) in [6, 6.07) is 8.84. The van der Waals surface area contributed by atoms with Gasteiger partial charge in [0.15, 0.2) is 0 Å². The summed E-state index contributed by atoms with van der Waals surface area (Å²) >= 11 is 0. The van der Waals surface area contributed by atoms with Crippen molar-refractivity contribution >= 4 is 22.5 Å². The zero-order chi connectivity index (χ0) is 21.2. The first kappa shape index (κ1) is 19.4. The summed E-state index contributed by atoms with van der Waals surface area (Å²) in [4.78, 5) is 23.6. The molecule has 8 nitrogen and oxygen atoms in total. The van der Waals surface area contributed by atoms with E-state index in [1.165, 1.54) is 0 Å². The SMILES string of the molecule is C[C@@H]1CN(c2ccnc(CNc3ccnc4[nH]cc(-c5cccnc5)c34)n2)C[C@H](C)N1. The fraction of sp³-hybridized carbons (Fsp3) is 0.304. The van der Waals surface area contributed by atoms with Gasteiger partial charge in [-0.1, -0.05) is 6.07 Å². The van der Waals surface area contributed by atoms with Crippen LogP contribution in [0.4, 0.5) is 11.5 Å². The number of nitrogens with one attached hydrogen (secondary N) is 3. The topological polar surface area (TPSA) is 94.7 Å². The van der Waals surface area contributed by atoms with Gasteiger partial charge in [-0.25, -0.2) is 15.0 Å². The van der Waals surface area contributed by atoms with Crippen molar-refractivity contribution in [2.24, 2.45) is 0 Å². The molecule has 0 aliphatic carbocycles. The zero-order valence-corrected chi connectivity index (χ0v) is 17.7. The number of hydrogen-bond donors (Lipinski definition) is 3. The van der Waals surface area contributed by atoms with Crippen molar-refractivity contribution in [1.82, 2.24) is 30.2 Å². The molecule has 1 saturated heterocycles. The van der Waals surface area contributed by atoms with Crippen LogP contribution in [0, 0.1) is 0 Å². The average molecular weight is 415 g/mol. The van der Waals surface area contributed by atoms with Gasteiger partial charge in [0.2, 0.25) is 0 Å². The van der Waals surface area contributed by atoms with Gasteiger partial charge < -0.3 is 20.5 Å². The Morgan fingerprint density at radius 2 is 1.90 bits per heavy atom. The molecule has 1 aliphatic rings. The van der Waals surface area contributed by atoms with Crippen molar-refractivity contribution in [2.75, 3.05) is 23.3 Å². The van der Waals surface area contributed by atoms with Crippen molar-refractivity contribution in [3.63, 3.8) is 0 Å². The van der Waals surface area contributed by atoms with Crippen LogP contribution < -0.4 is 15.5 Å². The molecule has 0 spiro atoms. The highest BCUT2D eigenvalue weighted by Crippen LogP contribution is 2.32. The van der Waals surface area contributed by atoms with E-state index in [1.807, 2.05) is 36.8 Å². The molecule has 31 heavy (non-hydrogen) atoms. The van der Waals surface area contributed by atoms with Gasteiger partial charge in [0.25, 0.3) is 0 Å². The molecule has 0 bridgehead atoms. The third-order valence-corrected chi connectivity index (χ3v) is 5.56. The van der Waals surface area contributed by atoms with Gasteiger partial charge in [-0.2, -0.15) is 0 Å². The predicted molar refractivity (Wildman–Crippen MR) is 123 cm³/mol. The number of H-pyrrole nitrogens is 1. The fourth-order valence-corrected chi connectivity index (χ4v) is 4.29. The first-order valence-electron chi connectivity index (χ1n) is 10.6. The number of piperazine rings is 1. The second-order valence-electron chi connectivity index (χ2n) is 8.08. The number of rotatable bonds is 5. The Morgan fingerprint density at radius 3 is 2.71 bits per heavy atom. The highest BCUT2D eigenvalue weighted by Gasteiger charge is 2.22. The Balaban J connectivity index is 1.39. The van der Waals surface area contributed by atoms with E-state index in [4.69, 9.17) is 4.98 Å². The van der Waals surface area contributed by atoms with Gasteiger partial charge in [0.05, 0.1) is 6.54 Å². The van der Waals surface area contributed by atoms with Crippen LogP contribution in [-0.2, 0) is 6.54 Å². The second kappa shape index (κ2) is 8.31. The van der Waals surface area contributed by atoms with Gasteiger partial charge in [-0.05, 0) is 32.0 Å². The van der Waals surface area contributed by atoms with E-state index in [2.05, 4.69) is 55.4 Å². The maximum atomic E-state index is 4.82. The largest absolute Gasteiger partial charge is 0.377 e. The van der Waals surface area contributed by atoms with Crippen molar-refractivity contribution in [3.8, 4) is 11.1 Å². The highest BCUT2D eigenvalue weighted by molar-refractivity contribution is 6.02. The van der Waals surface area contributed by atoms with Gasteiger partial charge >= 0.3 is 0 Å². The molecule has 5 heterocycles. The summed E-state index contributed by atoms with van der Waals surface area (Å²) in [5, 5.41) is 8.11. The third kappa shape index (κ3) is 4.06. The average Bonchev–Trinajstić information content (AvgIpc) is 3.23. The second-order valence-corrected chi connectivity index (χ2v) is 8.08. The molecule has 5 rings (SSSR count). The van der Waals surface area contributed by atoms with Crippen LogP contribution in [0.5, 0.6) is 0 Å². The van der Waals surface area contributed by atoms with Gasteiger partial charge in [-0.3, -0.25) is 4.98 Å². The molecule has 4 aromatic rings. The van der Waals surface area contributed by atoms with Crippen LogP contribution >= 0.6 is 0 Å². The third-order valence-electron chi connectivity index (χ3n) is 5.56. The Morgan fingerprint density at radius 1 is 1.06 bits per heavy atom. The molecule has 158 valence electrons. The molecule has 2 atom stereocenters. The molecule has 0 unspecified atom stereocenters. The first-order chi connectivity index (χ1) is 15.2. The highest BCUT2D eigenvalue weighted by atomic mass is 15.3. The number of nitrogens with zero attached hydrogens (tertiary/aromatic N) is 5. The number of hydrogen-bond acceptors (Lipinski definition) is 7. The molecule has 3 N–H and O–H groups in total. The summed E-state index contributed by atoms with van der Waals surface area (Å²) in [7, 11) is 0. The fourth-order valence-electron chi connectivity index (χ4n) is 4.29. The number of aromatic nitrogens is 5. The Bertz CT molecular complexity index is 1160. The maximum absolute atomic E-state index is 4.82. The van der Waals surface area contributed by atoms with Crippen molar-refractivity contribution in [3.05, 3.63) is 61.1 Å². The lowest BCUT2D eigenvalue weighted by atomic mass is 10.1. The maximum Gasteiger partial charge on any atom is 0.149 e. The summed E-state index contributed by atoms with van der Waals surface area (Å²) in [6.07, 6.45) is 9.26. The quantitative estimate of drug-likeness (QED) is 0.462. The van der Waals surface area contributed by atoms with E-state index >= 15 is 0 Å². The number of pyridine rings is 2. The lowest BCUT2D eigenvalue weighted by Crippen LogP contribution is -2.54. The number of anilines is 2. The molecule has 0 amide bonds. The van der Waals surface area contributed by atoms with Crippen LogP contribution in [0.2, 0.25) is 0 Å². The van der Waals surface area contributed by atoms with E-state index < -0.39 is 0 Å². The zero-order valence-electron chi connectivity index (χ0n) is 17.7. The lowest BCUT2D eigenvalue weighted by Gasteiger charge is -2.36. The van der Waals surface area contributed by atoms with E-state index in [0.717, 1.165) is 52.6 Å². The molecular weight excluding hydrogens is 388 g/mol. The lowest BCUT2D eigenvalue weighted by molar-refractivity contribution is 0.405. The van der Waals surface area contributed by atoms with Crippen LogP contribution in [0.1, 0.15) is 19.7 Å². The first-order valence-corrected chi connectivity index (χ1v) is 10.6. The summed E-state index contributed by atoms with van der Waals surface area (Å²) in [5.41, 5.74) is 3.94. The van der Waals surface area contributed by atoms with E-state index in [-0.39, 0.29) is 0 Å². The molecule has 0 saturated carbocycles. The van der Waals surface area contributed by atoms with Gasteiger partial charge in [0.1, 0.15) is 17.3 Å². The van der Waals surface area contributed by atoms with Gasteiger partial charge in [-0.15, -0.1) is 0 Å². The van der Waals surface area contributed by atoms with Crippen LogP contribution in [0.25, 0.3) is 22.2 Å². The minimum Gasteiger partial charge on any atom is -0.377 e. The van der Waals surface area contributed by atoms with E-state index in [9.17, 15) is 0 Å². The minimum absolute atomic E-state index is 0.435. The summed E-state index contributed by atoms with van der Waals surface area (Å²) in [5.74, 6) is 1.74. The Labute approximate surface area is 181 Å². The summed E-state index contributed by atoms with van der Waals surface area (Å²) in [6.45, 7) is 6.82. The molecule has 1 aliphatic heterocycles. The smallest absolute Gasteiger partial charge is 0.149 e. The molecule has 4 aromatic heterocycles.